The lowest BCUT2D eigenvalue weighted by atomic mass is 9.95. The van der Waals surface area contributed by atoms with Crippen LogP contribution in [0.5, 0.6) is 0 Å². The molecule has 0 aliphatic carbocycles. The second-order valence-corrected chi connectivity index (χ2v) is 4.17. The highest BCUT2D eigenvalue weighted by atomic mass is 19.4. The highest BCUT2D eigenvalue weighted by Crippen LogP contribution is 2.41. The van der Waals surface area contributed by atoms with E-state index in [-0.39, 0.29) is 5.82 Å². The molecule has 0 aliphatic rings. The van der Waals surface area contributed by atoms with Crippen LogP contribution in [0.4, 0.5) is 26.3 Å². The van der Waals surface area contributed by atoms with Crippen molar-refractivity contribution in [2.75, 3.05) is 0 Å². The van der Waals surface area contributed by atoms with Gasteiger partial charge >= 0.3 is 12.4 Å². The Balaban J connectivity index is 3.03. The number of nitrogens with zero attached hydrogens (tertiary/aromatic N) is 2. The third-order valence-electron chi connectivity index (χ3n) is 2.87. The van der Waals surface area contributed by atoms with Gasteiger partial charge < -0.3 is 4.57 Å². The lowest BCUT2D eigenvalue weighted by Crippen LogP contribution is -2.54. The van der Waals surface area contributed by atoms with Gasteiger partial charge in [0.1, 0.15) is 5.82 Å². The van der Waals surface area contributed by atoms with Crippen LogP contribution in [0.1, 0.15) is 12.7 Å². The number of nitrogens with one attached hydrogen (secondary N) is 1. The molecule has 0 saturated heterocycles. The van der Waals surface area contributed by atoms with Crippen molar-refractivity contribution in [3.8, 4) is 0 Å². The van der Waals surface area contributed by atoms with E-state index in [1.165, 1.54) is 17.0 Å². The zero-order chi connectivity index (χ0) is 15.6. The molecule has 10 heteroatoms. The van der Waals surface area contributed by atoms with Gasteiger partial charge in [-0.1, -0.05) is 0 Å². The van der Waals surface area contributed by atoms with Crippen LogP contribution in [0.15, 0.2) is 12.4 Å². The van der Waals surface area contributed by atoms with E-state index < -0.39 is 30.7 Å². The lowest BCUT2D eigenvalue weighted by Gasteiger charge is -2.30. The van der Waals surface area contributed by atoms with Gasteiger partial charge in [0, 0.05) is 31.4 Å². The molecule has 1 atom stereocenters. The van der Waals surface area contributed by atoms with Gasteiger partial charge in [-0.15, -0.1) is 0 Å². The molecule has 3 N–H and O–H groups in total. The van der Waals surface area contributed by atoms with Crippen molar-refractivity contribution < 1.29 is 26.3 Å². The maximum Gasteiger partial charge on any atom is 0.402 e. The summed E-state index contributed by atoms with van der Waals surface area (Å²) in [6, 6.07) is -2.04. The summed E-state index contributed by atoms with van der Waals surface area (Å²) in [5.41, 5.74) is 1.61. The first-order valence-electron chi connectivity index (χ1n) is 5.70. The van der Waals surface area contributed by atoms with Crippen LogP contribution >= 0.6 is 0 Å². The fraction of sp³-hybridized carbons (Fsp3) is 0.700. The maximum atomic E-state index is 12.6. The van der Waals surface area contributed by atoms with E-state index in [2.05, 4.69) is 4.98 Å². The van der Waals surface area contributed by atoms with Crippen LogP contribution in [-0.2, 0) is 13.0 Å². The third-order valence-corrected chi connectivity index (χ3v) is 2.87. The molecule has 0 amide bonds. The van der Waals surface area contributed by atoms with E-state index in [1.54, 1.807) is 12.3 Å². The average Bonchev–Trinajstić information content (AvgIpc) is 2.71. The normalized spacial score (nSPS) is 14.8. The number of aromatic nitrogens is 2. The Morgan fingerprint density at radius 3 is 2.20 bits per heavy atom. The summed E-state index contributed by atoms with van der Waals surface area (Å²) in [5, 5.41) is 0. The fourth-order valence-corrected chi connectivity index (χ4v) is 1.93. The number of imidazole rings is 1. The average molecular weight is 304 g/mol. The van der Waals surface area contributed by atoms with Crippen molar-refractivity contribution in [2.24, 2.45) is 11.8 Å². The Morgan fingerprint density at radius 2 is 1.80 bits per heavy atom. The van der Waals surface area contributed by atoms with Crippen molar-refractivity contribution in [2.45, 2.75) is 38.3 Å². The first-order chi connectivity index (χ1) is 9.11. The minimum atomic E-state index is -5.45. The molecule has 116 valence electrons. The topological polar surface area (TPSA) is 55.9 Å². The Bertz CT molecular complexity index is 410. The number of hydrogen-bond donors (Lipinski definition) is 2. The standard InChI is InChI=1S/C10H14F6N4/c1-2-20-4-3-18-7(20)5-6(19-17)8(9(11,12)13)10(14,15)16/h3-4,6,8,19H,2,5,17H2,1H3. The Hall–Kier alpha value is -1.29. The van der Waals surface area contributed by atoms with Crippen LogP contribution < -0.4 is 11.3 Å². The minimum Gasteiger partial charge on any atom is -0.335 e. The third kappa shape index (κ3) is 3.85. The van der Waals surface area contributed by atoms with Crippen LogP contribution in [-0.4, -0.2) is 27.9 Å². The van der Waals surface area contributed by atoms with Gasteiger partial charge in [-0.05, 0) is 6.92 Å². The van der Waals surface area contributed by atoms with E-state index in [4.69, 9.17) is 5.84 Å². The summed E-state index contributed by atoms with van der Waals surface area (Å²) < 4.78 is 77.2. The maximum absolute atomic E-state index is 12.6. The SMILES string of the molecule is CCn1ccnc1CC(NN)C(C(F)(F)F)C(F)(F)F. The lowest BCUT2D eigenvalue weighted by molar-refractivity contribution is -0.291. The number of rotatable bonds is 5. The Morgan fingerprint density at radius 1 is 1.25 bits per heavy atom. The summed E-state index contributed by atoms with van der Waals surface area (Å²) in [4.78, 5) is 3.75. The Labute approximate surface area is 110 Å². The molecule has 1 unspecified atom stereocenters. The van der Waals surface area contributed by atoms with Gasteiger partial charge in [0.15, 0.2) is 5.92 Å². The first kappa shape index (κ1) is 16.8. The highest BCUT2D eigenvalue weighted by molar-refractivity contribution is 4.99. The largest absolute Gasteiger partial charge is 0.402 e. The van der Waals surface area contributed by atoms with Gasteiger partial charge in [-0.3, -0.25) is 11.3 Å². The van der Waals surface area contributed by atoms with Crippen LogP contribution in [0.25, 0.3) is 0 Å². The number of hydrogen-bond acceptors (Lipinski definition) is 3. The van der Waals surface area contributed by atoms with Crippen molar-refractivity contribution in [1.82, 2.24) is 15.0 Å². The molecule has 20 heavy (non-hydrogen) atoms. The van der Waals surface area contributed by atoms with Crippen LogP contribution in [0, 0.1) is 5.92 Å². The summed E-state index contributed by atoms with van der Waals surface area (Å²) in [6.45, 7) is 2.08. The molecule has 1 aromatic heterocycles. The molecule has 0 aromatic carbocycles. The van der Waals surface area contributed by atoms with Crippen molar-refractivity contribution in [3.05, 3.63) is 18.2 Å². The predicted octanol–water partition coefficient (Wildman–Crippen LogP) is 2.02. The fourth-order valence-electron chi connectivity index (χ4n) is 1.93. The van der Waals surface area contributed by atoms with Crippen molar-refractivity contribution in [1.29, 1.82) is 0 Å². The van der Waals surface area contributed by atoms with E-state index >= 15 is 0 Å². The monoisotopic (exact) mass is 304 g/mol. The quantitative estimate of drug-likeness (QED) is 0.497. The van der Waals surface area contributed by atoms with E-state index in [9.17, 15) is 26.3 Å². The molecule has 0 radical (unpaired) electrons. The summed E-state index contributed by atoms with van der Waals surface area (Å²) in [6.07, 6.45) is -8.69. The number of halogens is 6. The second-order valence-electron chi connectivity index (χ2n) is 4.17. The highest BCUT2D eigenvalue weighted by Gasteiger charge is 2.60. The molecule has 0 spiro atoms. The number of aryl methyl sites for hydroxylation is 1. The summed E-state index contributed by atoms with van der Waals surface area (Å²) >= 11 is 0. The van der Waals surface area contributed by atoms with Gasteiger partial charge in [0.05, 0.1) is 0 Å². The summed E-state index contributed by atoms with van der Waals surface area (Å²) in [7, 11) is 0. The number of hydrazine groups is 1. The summed E-state index contributed by atoms with van der Waals surface area (Å²) in [5.74, 6) is 1.44. The van der Waals surface area contributed by atoms with Gasteiger partial charge in [-0.25, -0.2) is 4.98 Å². The zero-order valence-electron chi connectivity index (χ0n) is 10.5. The molecule has 0 fully saturated rings. The molecule has 1 rings (SSSR count). The van der Waals surface area contributed by atoms with E-state index in [0.717, 1.165) is 0 Å². The Kier molecular flexibility index (Phi) is 5.03. The number of alkyl halides is 6. The first-order valence-corrected chi connectivity index (χ1v) is 5.70. The molecular weight excluding hydrogens is 290 g/mol. The van der Waals surface area contributed by atoms with Gasteiger partial charge in [-0.2, -0.15) is 26.3 Å². The van der Waals surface area contributed by atoms with Crippen molar-refractivity contribution >= 4 is 0 Å². The van der Waals surface area contributed by atoms with Gasteiger partial charge in [0.25, 0.3) is 0 Å². The van der Waals surface area contributed by atoms with Crippen LogP contribution in [0.3, 0.4) is 0 Å². The smallest absolute Gasteiger partial charge is 0.335 e. The zero-order valence-corrected chi connectivity index (χ0v) is 10.5. The van der Waals surface area contributed by atoms with Gasteiger partial charge in [0.2, 0.25) is 0 Å². The molecule has 4 nitrogen and oxygen atoms in total. The van der Waals surface area contributed by atoms with E-state index in [1.807, 2.05) is 0 Å². The molecule has 0 bridgehead atoms. The molecule has 1 aromatic rings. The molecule has 0 aliphatic heterocycles. The van der Waals surface area contributed by atoms with Crippen molar-refractivity contribution in [3.63, 3.8) is 0 Å². The number of nitrogens with two attached hydrogens (primary N) is 1. The molecule has 0 saturated carbocycles. The second kappa shape index (κ2) is 6.00. The van der Waals surface area contributed by atoms with E-state index in [0.29, 0.717) is 6.54 Å². The minimum absolute atomic E-state index is 0.106. The van der Waals surface area contributed by atoms with Crippen LogP contribution in [0.2, 0.25) is 0 Å². The molecular formula is C10H14F6N4. The predicted molar refractivity (Wildman–Crippen MR) is 58.3 cm³/mol. The molecule has 1 heterocycles.